The molecule has 0 saturated carbocycles. The fourth-order valence-corrected chi connectivity index (χ4v) is 0.574. The van der Waals surface area contributed by atoms with Crippen molar-refractivity contribution in [1.82, 2.24) is 0 Å². The van der Waals surface area contributed by atoms with Crippen molar-refractivity contribution in [2.24, 2.45) is 5.92 Å². The van der Waals surface area contributed by atoms with Gasteiger partial charge in [0.25, 0.3) is 0 Å². The maximum Gasteiger partial charge on any atom is 0.306 e. The summed E-state index contributed by atoms with van der Waals surface area (Å²) in [5, 5.41) is 8.35. The number of unbranched alkanes of at least 4 members (excludes halogenated alkanes) is 1. The molecule has 0 aromatic heterocycles. The lowest BCUT2D eigenvalue weighted by Crippen LogP contribution is -2.08. The summed E-state index contributed by atoms with van der Waals surface area (Å²) in [6.45, 7) is 5.51. The lowest BCUT2D eigenvalue weighted by molar-refractivity contribution is -0.140. The van der Waals surface area contributed by atoms with Crippen LogP contribution in [0.2, 0.25) is 0 Å². The number of hydrogen-bond acceptors (Lipinski definition) is 1. The van der Waals surface area contributed by atoms with E-state index in [-0.39, 0.29) is 0 Å². The highest BCUT2D eigenvalue weighted by molar-refractivity contribution is 5.70. The molecule has 2 heteroatoms. The van der Waals surface area contributed by atoms with Crippen molar-refractivity contribution in [2.45, 2.75) is 26.2 Å². The molecule has 0 amide bonds. The summed E-state index contributed by atoms with van der Waals surface area (Å²) in [5.41, 5.74) is 0. The Morgan fingerprint density at radius 1 is 1.78 bits per heavy atom. The fraction of sp³-hybridized carbons (Fsp3) is 0.714. The second kappa shape index (κ2) is 4.36. The SMILES string of the molecule is [CH2]C(CCCC)C(=O)O. The Labute approximate surface area is 55.9 Å². The normalized spacial score (nSPS) is 13.1. The molecule has 0 heterocycles. The lowest BCUT2D eigenvalue weighted by atomic mass is 10.1. The highest BCUT2D eigenvalue weighted by Crippen LogP contribution is 2.05. The number of hydrogen-bond donors (Lipinski definition) is 1. The van der Waals surface area contributed by atoms with E-state index in [1.54, 1.807) is 0 Å². The summed E-state index contributed by atoms with van der Waals surface area (Å²) in [7, 11) is 0. The van der Waals surface area contributed by atoms with Crippen LogP contribution < -0.4 is 0 Å². The topological polar surface area (TPSA) is 37.3 Å². The minimum atomic E-state index is -0.788. The van der Waals surface area contributed by atoms with Crippen LogP contribution in [0.4, 0.5) is 0 Å². The maximum atomic E-state index is 10.1. The standard InChI is InChI=1S/C7H13O2/c1-3-4-5-6(2)7(8)9/h6H,2-5H2,1H3,(H,8,9). The monoisotopic (exact) mass is 129 g/mol. The van der Waals surface area contributed by atoms with E-state index in [1.807, 2.05) is 6.92 Å². The number of carbonyl (C=O) groups is 1. The van der Waals surface area contributed by atoms with Crippen LogP contribution in [0, 0.1) is 12.8 Å². The van der Waals surface area contributed by atoms with Gasteiger partial charge >= 0.3 is 5.97 Å². The molecule has 1 radical (unpaired) electrons. The van der Waals surface area contributed by atoms with E-state index < -0.39 is 11.9 Å². The van der Waals surface area contributed by atoms with Gasteiger partial charge < -0.3 is 5.11 Å². The fourth-order valence-electron chi connectivity index (χ4n) is 0.574. The molecule has 0 spiro atoms. The first-order chi connectivity index (χ1) is 4.18. The minimum Gasteiger partial charge on any atom is -0.481 e. The number of aliphatic carboxylic acids is 1. The van der Waals surface area contributed by atoms with Crippen molar-refractivity contribution in [3.05, 3.63) is 6.92 Å². The molecule has 0 aliphatic heterocycles. The molecule has 0 aromatic carbocycles. The van der Waals surface area contributed by atoms with Gasteiger partial charge in [-0.15, -0.1) is 0 Å². The van der Waals surface area contributed by atoms with Gasteiger partial charge in [0.2, 0.25) is 0 Å². The van der Waals surface area contributed by atoms with Crippen molar-refractivity contribution >= 4 is 5.97 Å². The van der Waals surface area contributed by atoms with E-state index in [9.17, 15) is 4.79 Å². The molecule has 0 aliphatic rings. The summed E-state index contributed by atoms with van der Waals surface area (Å²) in [6.07, 6.45) is 2.70. The van der Waals surface area contributed by atoms with Crippen molar-refractivity contribution in [1.29, 1.82) is 0 Å². The summed E-state index contributed by atoms with van der Waals surface area (Å²) in [6, 6.07) is 0. The minimum absolute atomic E-state index is 0.412. The Balaban J connectivity index is 3.27. The highest BCUT2D eigenvalue weighted by atomic mass is 16.4. The Hall–Kier alpha value is -0.530. The van der Waals surface area contributed by atoms with Gasteiger partial charge in [0.1, 0.15) is 0 Å². The third-order valence-corrected chi connectivity index (χ3v) is 1.26. The third-order valence-electron chi connectivity index (χ3n) is 1.26. The van der Waals surface area contributed by atoms with Gasteiger partial charge in [-0.05, 0) is 13.3 Å². The zero-order valence-electron chi connectivity index (χ0n) is 5.76. The van der Waals surface area contributed by atoms with Crippen LogP contribution in [0.3, 0.4) is 0 Å². The molecule has 0 aliphatic carbocycles. The van der Waals surface area contributed by atoms with Gasteiger partial charge in [-0.3, -0.25) is 4.79 Å². The van der Waals surface area contributed by atoms with E-state index >= 15 is 0 Å². The van der Waals surface area contributed by atoms with Gasteiger partial charge in [-0.2, -0.15) is 0 Å². The first kappa shape index (κ1) is 8.47. The zero-order valence-corrected chi connectivity index (χ0v) is 5.76. The molecule has 1 atom stereocenters. The zero-order chi connectivity index (χ0) is 7.28. The second-order valence-corrected chi connectivity index (χ2v) is 2.18. The Bertz CT molecular complexity index is 88.9. The highest BCUT2D eigenvalue weighted by Gasteiger charge is 2.08. The van der Waals surface area contributed by atoms with Crippen molar-refractivity contribution in [3.63, 3.8) is 0 Å². The molecule has 0 fully saturated rings. The van der Waals surface area contributed by atoms with E-state index in [0.29, 0.717) is 6.42 Å². The molecular formula is C7H13O2. The summed E-state index contributed by atoms with van der Waals surface area (Å²) in [5.74, 6) is -1.20. The molecule has 1 unspecified atom stereocenters. The van der Waals surface area contributed by atoms with Gasteiger partial charge in [-0.25, -0.2) is 0 Å². The Morgan fingerprint density at radius 3 is 2.67 bits per heavy atom. The Kier molecular flexibility index (Phi) is 4.10. The summed E-state index contributed by atoms with van der Waals surface area (Å²) < 4.78 is 0. The summed E-state index contributed by atoms with van der Waals surface area (Å²) >= 11 is 0. The van der Waals surface area contributed by atoms with Gasteiger partial charge in [0.05, 0.1) is 5.92 Å². The number of rotatable bonds is 4. The van der Waals surface area contributed by atoms with Crippen LogP contribution in [-0.2, 0) is 4.79 Å². The van der Waals surface area contributed by atoms with E-state index in [2.05, 4.69) is 6.92 Å². The molecule has 0 bridgehead atoms. The molecule has 53 valence electrons. The average Bonchev–Trinajstić information content (AvgIpc) is 1.82. The van der Waals surface area contributed by atoms with Gasteiger partial charge in [-0.1, -0.05) is 19.8 Å². The third kappa shape index (κ3) is 4.01. The van der Waals surface area contributed by atoms with Gasteiger partial charge in [0, 0.05) is 0 Å². The predicted molar refractivity (Wildman–Crippen MR) is 36.0 cm³/mol. The number of carboxylic acid groups (broad SMARTS) is 1. The second-order valence-electron chi connectivity index (χ2n) is 2.18. The van der Waals surface area contributed by atoms with Crippen molar-refractivity contribution < 1.29 is 9.90 Å². The Morgan fingerprint density at radius 2 is 2.33 bits per heavy atom. The molecule has 0 aromatic rings. The van der Waals surface area contributed by atoms with Crippen LogP contribution in [-0.4, -0.2) is 11.1 Å². The molecule has 2 nitrogen and oxygen atoms in total. The predicted octanol–water partition coefficient (Wildman–Crippen LogP) is 1.71. The molecule has 1 N–H and O–H groups in total. The van der Waals surface area contributed by atoms with Crippen LogP contribution in [0.15, 0.2) is 0 Å². The largest absolute Gasteiger partial charge is 0.481 e. The average molecular weight is 129 g/mol. The van der Waals surface area contributed by atoms with Crippen LogP contribution >= 0.6 is 0 Å². The first-order valence-electron chi connectivity index (χ1n) is 3.24. The number of carboxylic acids is 1. The molecule has 0 rings (SSSR count). The summed E-state index contributed by atoms with van der Waals surface area (Å²) in [4.78, 5) is 10.1. The van der Waals surface area contributed by atoms with Crippen molar-refractivity contribution in [2.75, 3.05) is 0 Å². The van der Waals surface area contributed by atoms with E-state index in [0.717, 1.165) is 12.8 Å². The van der Waals surface area contributed by atoms with Crippen LogP contribution in [0.5, 0.6) is 0 Å². The van der Waals surface area contributed by atoms with E-state index in [1.165, 1.54) is 0 Å². The maximum absolute atomic E-state index is 10.1. The lowest BCUT2D eigenvalue weighted by Gasteiger charge is -2.01. The smallest absolute Gasteiger partial charge is 0.306 e. The molecule has 0 saturated heterocycles. The van der Waals surface area contributed by atoms with Crippen LogP contribution in [0.1, 0.15) is 26.2 Å². The molecular weight excluding hydrogens is 116 g/mol. The van der Waals surface area contributed by atoms with Crippen LogP contribution in [0.25, 0.3) is 0 Å². The molecule has 9 heavy (non-hydrogen) atoms. The quantitative estimate of drug-likeness (QED) is 0.627. The van der Waals surface area contributed by atoms with Crippen molar-refractivity contribution in [3.8, 4) is 0 Å². The van der Waals surface area contributed by atoms with E-state index in [4.69, 9.17) is 5.11 Å². The van der Waals surface area contributed by atoms with Gasteiger partial charge in [0.15, 0.2) is 0 Å². The first-order valence-corrected chi connectivity index (χ1v) is 3.24.